The van der Waals surface area contributed by atoms with Gasteiger partial charge in [0, 0.05) is 19.1 Å². The third kappa shape index (κ3) is 4.21. The third-order valence-electron chi connectivity index (χ3n) is 4.18. The molecule has 0 spiro atoms. The largest absolute Gasteiger partial charge is 0.497 e. The molecule has 1 saturated carbocycles. The lowest BCUT2D eigenvalue weighted by Crippen LogP contribution is -2.35. The maximum Gasteiger partial charge on any atom is 0.223 e. The summed E-state index contributed by atoms with van der Waals surface area (Å²) in [7, 11) is 1.65. The van der Waals surface area contributed by atoms with Crippen molar-refractivity contribution in [3.05, 3.63) is 29.8 Å². The van der Waals surface area contributed by atoms with Crippen LogP contribution in [0.25, 0.3) is 0 Å². The molecule has 1 aliphatic carbocycles. The highest BCUT2D eigenvalue weighted by atomic mass is 16.5. The van der Waals surface area contributed by atoms with Gasteiger partial charge in [0.15, 0.2) is 0 Å². The van der Waals surface area contributed by atoms with Gasteiger partial charge in [0.1, 0.15) is 5.75 Å². The van der Waals surface area contributed by atoms with Crippen LogP contribution in [0.4, 0.5) is 0 Å². The van der Waals surface area contributed by atoms with Crippen molar-refractivity contribution < 1.29 is 14.6 Å². The maximum atomic E-state index is 12.2. The minimum Gasteiger partial charge on any atom is -0.497 e. The molecule has 0 saturated heterocycles. The van der Waals surface area contributed by atoms with Gasteiger partial charge in [-0.2, -0.15) is 0 Å². The smallest absolute Gasteiger partial charge is 0.223 e. The molecule has 0 aliphatic heterocycles. The lowest BCUT2D eigenvalue weighted by Gasteiger charge is -2.23. The van der Waals surface area contributed by atoms with Crippen LogP contribution >= 0.6 is 0 Å². The normalized spacial score (nSPS) is 21.0. The Balaban J connectivity index is 1.86. The molecule has 2 rings (SSSR count). The molecular formula is C17H25NO3. The van der Waals surface area contributed by atoms with Crippen molar-refractivity contribution in [2.75, 3.05) is 20.3 Å². The van der Waals surface area contributed by atoms with Crippen LogP contribution in [0, 0.1) is 11.3 Å². The zero-order chi connectivity index (χ0) is 15.5. The van der Waals surface area contributed by atoms with E-state index in [0.29, 0.717) is 18.9 Å². The molecule has 4 nitrogen and oxygen atoms in total. The van der Waals surface area contributed by atoms with Crippen LogP contribution in [-0.2, 0) is 4.79 Å². The van der Waals surface area contributed by atoms with Crippen LogP contribution in [0.5, 0.6) is 5.75 Å². The molecule has 1 amide bonds. The Morgan fingerprint density at radius 3 is 2.90 bits per heavy atom. The summed E-state index contributed by atoms with van der Waals surface area (Å²) < 4.78 is 5.22. The Labute approximate surface area is 126 Å². The average Bonchev–Trinajstić information content (AvgIpc) is 3.25. The Hall–Kier alpha value is -1.55. The quantitative estimate of drug-likeness (QED) is 0.810. The molecule has 0 heterocycles. The number of amides is 1. The van der Waals surface area contributed by atoms with Gasteiger partial charge in [-0.25, -0.2) is 0 Å². The Bertz CT molecular complexity index is 499. The zero-order valence-electron chi connectivity index (χ0n) is 13.1. The summed E-state index contributed by atoms with van der Waals surface area (Å²) in [5, 5.41) is 12.0. The van der Waals surface area contributed by atoms with Crippen LogP contribution < -0.4 is 10.1 Å². The average molecular weight is 291 g/mol. The van der Waals surface area contributed by atoms with Crippen molar-refractivity contribution in [2.24, 2.45) is 11.3 Å². The number of benzene rings is 1. The second-order valence-electron chi connectivity index (χ2n) is 6.58. The number of hydrogen-bond donors (Lipinski definition) is 2. The fourth-order valence-corrected chi connectivity index (χ4v) is 2.57. The van der Waals surface area contributed by atoms with Gasteiger partial charge < -0.3 is 15.2 Å². The summed E-state index contributed by atoms with van der Waals surface area (Å²) in [6.45, 7) is 4.86. The van der Waals surface area contributed by atoms with Crippen molar-refractivity contribution >= 4 is 5.91 Å². The first-order valence-electron chi connectivity index (χ1n) is 7.49. The number of nitrogens with one attached hydrogen (secondary N) is 1. The first-order valence-corrected chi connectivity index (χ1v) is 7.49. The van der Waals surface area contributed by atoms with Gasteiger partial charge in [0.2, 0.25) is 5.91 Å². The van der Waals surface area contributed by atoms with Gasteiger partial charge in [-0.1, -0.05) is 26.0 Å². The second-order valence-corrected chi connectivity index (χ2v) is 6.58. The summed E-state index contributed by atoms with van der Waals surface area (Å²) in [4.78, 5) is 12.2. The number of aliphatic hydroxyl groups excluding tert-OH is 1. The van der Waals surface area contributed by atoms with Crippen LogP contribution in [-0.4, -0.2) is 31.3 Å². The zero-order valence-corrected chi connectivity index (χ0v) is 13.1. The van der Waals surface area contributed by atoms with Gasteiger partial charge in [-0.05, 0) is 41.9 Å². The first kappa shape index (κ1) is 15.8. The molecule has 0 radical (unpaired) electrons. The molecule has 2 unspecified atom stereocenters. The van der Waals surface area contributed by atoms with E-state index in [9.17, 15) is 4.79 Å². The Morgan fingerprint density at radius 1 is 1.48 bits per heavy atom. The molecule has 116 valence electrons. The highest BCUT2D eigenvalue weighted by molar-refractivity contribution is 5.82. The highest BCUT2D eigenvalue weighted by Crippen LogP contribution is 2.48. The van der Waals surface area contributed by atoms with E-state index in [4.69, 9.17) is 9.84 Å². The molecule has 21 heavy (non-hydrogen) atoms. The molecular weight excluding hydrogens is 266 g/mol. The van der Waals surface area contributed by atoms with Gasteiger partial charge in [0.05, 0.1) is 7.11 Å². The summed E-state index contributed by atoms with van der Waals surface area (Å²) in [6.07, 6.45) is 1.59. The van der Waals surface area contributed by atoms with Crippen LogP contribution in [0.2, 0.25) is 0 Å². The number of carbonyl (C=O) groups is 1. The van der Waals surface area contributed by atoms with E-state index in [1.807, 2.05) is 18.2 Å². The summed E-state index contributed by atoms with van der Waals surface area (Å²) >= 11 is 0. The predicted octanol–water partition coefficient (Wildman–Crippen LogP) is 2.32. The summed E-state index contributed by atoms with van der Waals surface area (Å²) in [5.74, 6) is 1.33. The van der Waals surface area contributed by atoms with E-state index in [1.54, 1.807) is 7.11 Å². The second kappa shape index (κ2) is 6.48. The Morgan fingerprint density at radius 2 is 2.24 bits per heavy atom. The molecule has 1 aromatic carbocycles. The van der Waals surface area contributed by atoms with E-state index in [-0.39, 0.29) is 23.8 Å². The van der Waals surface area contributed by atoms with Crippen molar-refractivity contribution in [3.8, 4) is 5.75 Å². The van der Waals surface area contributed by atoms with E-state index >= 15 is 0 Å². The molecule has 2 N–H and O–H groups in total. The van der Waals surface area contributed by atoms with Gasteiger partial charge in [0.25, 0.3) is 0 Å². The van der Waals surface area contributed by atoms with Crippen LogP contribution in [0.3, 0.4) is 0 Å². The fourth-order valence-electron chi connectivity index (χ4n) is 2.57. The number of ether oxygens (including phenoxy) is 1. The molecule has 1 aromatic rings. The van der Waals surface area contributed by atoms with Crippen LogP contribution in [0.15, 0.2) is 24.3 Å². The minimum absolute atomic E-state index is 0.0647. The predicted molar refractivity (Wildman–Crippen MR) is 82.3 cm³/mol. The summed E-state index contributed by atoms with van der Waals surface area (Å²) in [6, 6.07) is 7.94. The molecule has 0 aromatic heterocycles. The standard InChI is InChI=1S/C17H25NO3/c1-17(2,7-8-19)11-18-16(20)15-10-14(15)12-5-4-6-13(9-12)21-3/h4-6,9,14-15,19H,7-8,10-11H2,1-3H3,(H,18,20). The van der Waals surface area contributed by atoms with Crippen molar-refractivity contribution in [1.29, 1.82) is 0 Å². The molecule has 2 atom stereocenters. The maximum absolute atomic E-state index is 12.2. The number of hydrogen-bond acceptors (Lipinski definition) is 3. The monoisotopic (exact) mass is 291 g/mol. The highest BCUT2D eigenvalue weighted by Gasteiger charge is 2.44. The number of carbonyl (C=O) groups excluding carboxylic acids is 1. The first-order chi connectivity index (χ1) is 9.96. The van der Waals surface area contributed by atoms with Gasteiger partial charge in [-0.3, -0.25) is 4.79 Å². The molecule has 1 fully saturated rings. The molecule has 1 aliphatic rings. The van der Waals surface area contributed by atoms with E-state index < -0.39 is 0 Å². The Kier molecular flexibility index (Phi) is 4.88. The fraction of sp³-hybridized carbons (Fsp3) is 0.588. The van der Waals surface area contributed by atoms with Crippen LogP contribution in [0.1, 0.15) is 38.2 Å². The van der Waals surface area contributed by atoms with E-state index in [0.717, 1.165) is 12.2 Å². The lowest BCUT2D eigenvalue weighted by atomic mass is 9.89. The number of methoxy groups -OCH3 is 1. The van der Waals surface area contributed by atoms with Crippen molar-refractivity contribution in [2.45, 2.75) is 32.6 Å². The van der Waals surface area contributed by atoms with Crippen molar-refractivity contribution in [3.63, 3.8) is 0 Å². The van der Waals surface area contributed by atoms with E-state index in [2.05, 4.69) is 25.2 Å². The van der Waals surface area contributed by atoms with Crippen molar-refractivity contribution in [1.82, 2.24) is 5.32 Å². The summed E-state index contributed by atoms with van der Waals surface area (Å²) in [5.41, 5.74) is 1.11. The SMILES string of the molecule is COc1cccc(C2CC2C(=O)NCC(C)(C)CCO)c1. The molecule has 4 heteroatoms. The number of aliphatic hydroxyl groups is 1. The lowest BCUT2D eigenvalue weighted by molar-refractivity contribution is -0.122. The van der Waals surface area contributed by atoms with Gasteiger partial charge in [-0.15, -0.1) is 0 Å². The topological polar surface area (TPSA) is 58.6 Å². The third-order valence-corrected chi connectivity index (χ3v) is 4.18. The molecule has 0 bridgehead atoms. The van der Waals surface area contributed by atoms with Gasteiger partial charge >= 0.3 is 0 Å². The number of rotatable bonds is 7. The van der Waals surface area contributed by atoms with E-state index in [1.165, 1.54) is 5.56 Å². The minimum atomic E-state index is -0.0647.